The topological polar surface area (TPSA) is 87.5 Å². The van der Waals surface area contributed by atoms with E-state index in [1.807, 2.05) is 0 Å². The molecule has 2 aliphatic rings. The Bertz CT molecular complexity index is 797. The molecule has 0 spiro atoms. The molecule has 1 aromatic rings. The van der Waals surface area contributed by atoms with Crippen LogP contribution in [0.2, 0.25) is 0 Å². The molecule has 1 aliphatic heterocycles. The molecule has 1 saturated carbocycles. The number of aromatic nitrogens is 2. The molecule has 1 N–H and O–H groups in total. The van der Waals surface area contributed by atoms with Crippen LogP contribution in [0, 0.1) is 13.8 Å². The van der Waals surface area contributed by atoms with Crippen molar-refractivity contribution in [1.82, 2.24) is 24.3 Å². The van der Waals surface area contributed by atoms with Crippen LogP contribution in [0.4, 0.5) is 4.79 Å². The van der Waals surface area contributed by atoms with Gasteiger partial charge in [-0.25, -0.2) is 13.2 Å². The Morgan fingerprint density at radius 3 is 2.29 bits per heavy atom. The van der Waals surface area contributed by atoms with Gasteiger partial charge in [-0.2, -0.15) is 9.40 Å². The number of urea groups is 1. The van der Waals surface area contributed by atoms with Gasteiger partial charge in [0.1, 0.15) is 4.90 Å². The molecule has 0 bridgehead atoms. The number of nitrogens with zero attached hydrogens (tertiary/aromatic N) is 4. The first-order valence-electron chi connectivity index (χ1n) is 10.4. The fourth-order valence-corrected chi connectivity index (χ4v) is 6.15. The van der Waals surface area contributed by atoms with Crippen molar-refractivity contribution in [2.45, 2.75) is 69.7 Å². The Hall–Kier alpha value is -1.61. The van der Waals surface area contributed by atoms with Crippen molar-refractivity contribution in [3.05, 3.63) is 11.4 Å². The molecule has 9 heteroatoms. The maximum Gasteiger partial charge on any atom is 0.317 e. The Balaban J connectivity index is 1.65. The van der Waals surface area contributed by atoms with Crippen molar-refractivity contribution >= 4 is 16.1 Å². The van der Waals surface area contributed by atoms with E-state index >= 15 is 0 Å². The number of hydrogen-bond donors (Lipinski definition) is 1. The molecule has 158 valence electrons. The van der Waals surface area contributed by atoms with Crippen LogP contribution < -0.4 is 5.32 Å². The quantitative estimate of drug-likeness (QED) is 0.772. The van der Waals surface area contributed by atoms with E-state index in [1.165, 1.54) is 30.0 Å². The van der Waals surface area contributed by atoms with E-state index in [4.69, 9.17) is 0 Å². The predicted molar refractivity (Wildman–Crippen MR) is 108 cm³/mol. The first-order valence-corrected chi connectivity index (χ1v) is 11.8. The van der Waals surface area contributed by atoms with Crippen LogP contribution in [-0.2, 0) is 17.1 Å². The van der Waals surface area contributed by atoms with E-state index in [9.17, 15) is 13.2 Å². The van der Waals surface area contributed by atoms with Crippen LogP contribution in [0.15, 0.2) is 4.90 Å². The molecular weight excluding hydrogens is 378 g/mol. The Morgan fingerprint density at radius 2 is 1.68 bits per heavy atom. The number of carbonyl (C=O) groups is 1. The number of rotatable bonds is 3. The van der Waals surface area contributed by atoms with Crippen molar-refractivity contribution in [2.75, 3.05) is 26.2 Å². The fraction of sp³-hybridized carbons (Fsp3) is 0.789. The molecule has 0 atom stereocenters. The largest absolute Gasteiger partial charge is 0.335 e. The van der Waals surface area contributed by atoms with Gasteiger partial charge in [0, 0.05) is 39.3 Å². The average Bonchev–Trinajstić information content (AvgIpc) is 2.92. The second-order valence-corrected chi connectivity index (χ2v) is 9.88. The summed E-state index contributed by atoms with van der Waals surface area (Å²) in [6.07, 6.45) is 7.54. The summed E-state index contributed by atoms with van der Waals surface area (Å²) in [5, 5.41) is 7.42. The second kappa shape index (κ2) is 8.82. The highest BCUT2D eigenvalue weighted by molar-refractivity contribution is 7.89. The standard InChI is InChI=1S/C19H33N5O3S/c1-15-18(16(2)22(3)21-15)28(26,27)24-12-8-11-23(13-14-24)19(25)20-17-9-6-4-5-7-10-17/h17H,4-14H2,1-3H3,(H,20,25). The minimum absolute atomic E-state index is 0.0557. The first kappa shape index (κ1) is 21.1. The monoisotopic (exact) mass is 411 g/mol. The van der Waals surface area contributed by atoms with Crippen molar-refractivity contribution in [3.63, 3.8) is 0 Å². The second-order valence-electron chi connectivity index (χ2n) is 8.01. The van der Waals surface area contributed by atoms with E-state index in [2.05, 4.69) is 10.4 Å². The zero-order valence-electron chi connectivity index (χ0n) is 17.3. The van der Waals surface area contributed by atoms with Gasteiger partial charge >= 0.3 is 6.03 Å². The van der Waals surface area contributed by atoms with E-state index in [1.54, 1.807) is 30.5 Å². The zero-order valence-corrected chi connectivity index (χ0v) is 18.1. The third kappa shape index (κ3) is 4.51. The van der Waals surface area contributed by atoms with Crippen LogP contribution in [0.1, 0.15) is 56.3 Å². The van der Waals surface area contributed by atoms with E-state index in [-0.39, 0.29) is 12.1 Å². The smallest absolute Gasteiger partial charge is 0.317 e. The van der Waals surface area contributed by atoms with Gasteiger partial charge in [0.2, 0.25) is 10.0 Å². The summed E-state index contributed by atoms with van der Waals surface area (Å²) in [6, 6.07) is 0.193. The Morgan fingerprint density at radius 1 is 1.00 bits per heavy atom. The summed E-state index contributed by atoms with van der Waals surface area (Å²) in [6.45, 7) is 5.23. The van der Waals surface area contributed by atoms with Crippen molar-refractivity contribution in [1.29, 1.82) is 0 Å². The van der Waals surface area contributed by atoms with Gasteiger partial charge in [0.25, 0.3) is 0 Å². The van der Waals surface area contributed by atoms with Crippen LogP contribution in [0.3, 0.4) is 0 Å². The minimum atomic E-state index is -3.62. The normalized spacial score (nSPS) is 20.6. The van der Waals surface area contributed by atoms with Crippen molar-refractivity contribution < 1.29 is 13.2 Å². The van der Waals surface area contributed by atoms with Gasteiger partial charge in [-0.1, -0.05) is 25.7 Å². The van der Waals surface area contributed by atoms with E-state index in [0.717, 1.165) is 12.8 Å². The molecule has 2 fully saturated rings. The fourth-order valence-electron chi connectivity index (χ4n) is 4.28. The van der Waals surface area contributed by atoms with Crippen LogP contribution >= 0.6 is 0 Å². The maximum atomic E-state index is 13.2. The molecule has 2 amide bonds. The van der Waals surface area contributed by atoms with Gasteiger partial charge in [-0.05, 0) is 33.1 Å². The van der Waals surface area contributed by atoms with Gasteiger partial charge in [0.15, 0.2) is 0 Å². The Kier molecular flexibility index (Phi) is 6.65. The van der Waals surface area contributed by atoms with Crippen LogP contribution in [0.5, 0.6) is 0 Å². The Labute approximate surface area is 168 Å². The summed E-state index contributed by atoms with van der Waals surface area (Å²) >= 11 is 0. The average molecular weight is 412 g/mol. The highest BCUT2D eigenvalue weighted by Crippen LogP contribution is 2.24. The molecule has 0 unspecified atom stereocenters. The lowest BCUT2D eigenvalue weighted by Crippen LogP contribution is -2.46. The summed E-state index contributed by atoms with van der Waals surface area (Å²) in [4.78, 5) is 14.8. The highest BCUT2D eigenvalue weighted by Gasteiger charge is 2.32. The zero-order chi connectivity index (χ0) is 20.3. The van der Waals surface area contributed by atoms with Crippen molar-refractivity contribution in [3.8, 4) is 0 Å². The van der Waals surface area contributed by atoms with E-state index < -0.39 is 10.0 Å². The summed E-state index contributed by atoms with van der Waals surface area (Å²) < 4.78 is 29.5. The number of carbonyl (C=O) groups excluding carboxylic acids is 1. The predicted octanol–water partition coefficient (Wildman–Crippen LogP) is 2.17. The molecule has 1 aliphatic carbocycles. The molecular formula is C19H33N5O3S. The molecule has 0 aromatic carbocycles. The van der Waals surface area contributed by atoms with Gasteiger partial charge in [-0.15, -0.1) is 0 Å². The van der Waals surface area contributed by atoms with Gasteiger partial charge < -0.3 is 10.2 Å². The molecule has 0 radical (unpaired) electrons. The number of hydrogen-bond acceptors (Lipinski definition) is 4. The first-order chi connectivity index (χ1) is 13.3. The number of aryl methyl sites for hydroxylation is 2. The molecule has 1 aromatic heterocycles. The summed E-state index contributed by atoms with van der Waals surface area (Å²) in [5.41, 5.74) is 1.16. The summed E-state index contributed by atoms with van der Waals surface area (Å²) in [7, 11) is -1.86. The molecule has 28 heavy (non-hydrogen) atoms. The third-order valence-electron chi connectivity index (χ3n) is 5.97. The number of sulfonamides is 1. The van der Waals surface area contributed by atoms with E-state index in [0.29, 0.717) is 48.9 Å². The van der Waals surface area contributed by atoms with Crippen molar-refractivity contribution in [2.24, 2.45) is 7.05 Å². The van der Waals surface area contributed by atoms with Crippen LogP contribution in [-0.4, -0.2) is 65.7 Å². The molecule has 3 rings (SSSR count). The van der Waals surface area contributed by atoms with Crippen LogP contribution in [0.25, 0.3) is 0 Å². The lowest BCUT2D eigenvalue weighted by molar-refractivity contribution is 0.195. The SMILES string of the molecule is Cc1nn(C)c(C)c1S(=O)(=O)N1CCCN(C(=O)NC2CCCCCC2)CC1. The maximum absolute atomic E-state index is 13.2. The highest BCUT2D eigenvalue weighted by atomic mass is 32.2. The molecule has 1 saturated heterocycles. The van der Waals surface area contributed by atoms with Gasteiger partial charge in [0.05, 0.1) is 11.4 Å². The molecule has 2 heterocycles. The number of amides is 2. The summed E-state index contributed by atoms with van der Waals surface area (Å²) in [5.74, 6) is 0. The van der Waals surface area contributed by atoms with Gasteiger partial charge in [-0.3, -0.25) is 4.68 Å². The lowest BCUT2D eigenvalue weighted by Gasteiger charge is -2.25. The molecule has 8 nitrogen and oxygen atoms in total. The number of nitrogens with one attached hydrogen (secondary N) is 1. The lowest BCUT2D eigenvalue weighted by atomic mass is 10.1. The third-order valence-corrected chi connectivity index (χ3v) is 8.12. The minimum Gasteiger partial charge on any atom is -0.335 e.